The second kappa shape index (κ2) is 71.6. The molecule has 4 aliphatic rings. The number of Topliss-reactive ketones (excluding diaryl/α,β-unsaturated/α-hetero) is 4. The Morgan fingerprint density at radius 3 is 0.928 bits per heavy atom. The number of carbonyl (C=O) groups excluding carboxylic acids is 15. The molecule has 2 saturated heterocycles. The van der Waals surface area contributed by atoms with Crippen molar-refractivity contribution in [2.24, 2.45) is 71.7 Å². The van der Waals surface area contributed by atoms with Crippen LogP contribution in [0, 0.1) is 103 Å². The van der Waals surface area contributed by atoms with Crippen LogP contribution in [0.2, 0.25) is 0 Å². The van der Waals surface area contributed by atoms with Crippen molar-refractivity contribution in [1.82, 2.24) is 30.7 Å². The summed E-state index contributed by atoms with van der Waals surface area (Å²) in [5.74, 6) is 10.9. The van der Waals surface area contributed by atoms with Crippen molar-refractivity contribution in [2.75, 3.05) is 73.1 Å². The summed E-state index contributed by atoms with van der Waals surface area (Å²) in [6.45, 7) is 91.8. The Balaban J connectivity index is -0.000000187. The molecule has 4 rings (SSSR count). The number of piperidine rings is 1. The number of likely N-dealkylation sites (tertiary alicyclic amines) is 2. The first kappa shape index (κ1) is 147. The highest BCUT2D eigenvalue weighted by atomic mass is 16.5. The summed E-state index contributed by atoms with van der Waals surface area (Å²) in [5, 5.41) is 8.37. The van der Waals surface area contributed by atoms with Crippen LogP contribution in [-0.2, 0) is 76.7 Å². The molecule has 5 N–H and O–H groups in total. The molecule has 0 aromatic heterocycles. The van der Waals surface area contributed by atoms with Crippen LogP contribution in [0.4, 0.5) is 0 Å². The van der Waals surface area contributed by atoms with Crippen molar-refractivity contribution in [3.63, 3.8) is 0 Å². The van der Waals surface area contributed by atoms with Crippen molar-refractivity contribution in [2.45, 2.75) is 398 Å². The number of carbonyl (C=O) groups is 15. The number of nitrogens with one attached hydrogen (secondary N) is 3. The number of terminal acetylenes is 2. The smallest absolute Gasteiger partial charge is 0.330 e. The largest absolute Gasteiger partial charge is 0.463 e. The Kier molecular flexibility index (Phi) is 76.3. The molecule has 23 heteroatoms. The number of nitrogens with zero attached hydrogens (tertiary/aromatic N) is 3. The van der Waals surface area contributed by atoms with Crippen LogP contribution in [0.5, 0.6) is 0 Å². The fourth-order valence-corrected chi connectivity index (χ4v) is 8.75. The predicted molar refractivity (Wildman–Crippen MR) is 576 cm³/mol. The molecule has 0 bridgehead atoms. The Hall–Kier alpha value is -8.79. The molecular formula is C115H201N7O16. The molecule has 4 fully saturated rings. The zero-order chi connectivity index (χ0) is 111. The second-order valence-electron chi connectivity index (χ2n) is 47.9. The molecule has 138 heavy (non-hydrogen) atoms. The Bertz CT molecular complexity index is 4000. The van der Waals surface area contributed by atoms with E-state index in [1.54, 1.807) is 85.8 Å². The summed E-state index contributed by atoms with van der Waals surface area (Å²) >= 11 is 0. The maximum absolute atomic E-state index is 11.6. The standard InChI is InChI=1S/C13H23NO.C11H19NO.C10H19NO.C10H16O3.C10H16O2.C9H14O.2C8H15NO.C8H14O.C7H15NO.C7H11NO.C7H14O.C7H10O/c1-13(2,3)12(15)8-7-11-14-9-5-4-6-10-14;1-11(2,3)10(13)6-4-7-12-8-5-9-12;1-10(2,3)9(12)7-6-8-11(4)5;1-5-13-9(12)7-6-8(11)10(2,3)4;1-5-8(11)6-7-9(12)10(2,3)4;1-5-6-7-8(10)9(2,3)4;1-8(2,3)9-7(10)6-4-5-6;1-8(2,3)7(10)5-4-6-9;1-8(2,3)7(9)6-4-5-6;2*1-5-6(9)8-7(2,3)4;2*1-5-6(8)7(2,3)4/h7-8H,4-6,9-11H2,1-3H3;4,6H,5,7-9H2,1-3H3;6-7H,8H2,1-5H3;6-7H,5H2,1-4H3;6-7H,5H2,1-4H3;5H2,1-4H3;6H,4-5H2,1-3H3,(H,9,10);4-5H,6,9H2,1-3H3;6H,4-5H2,1-3H3;5H2,1-4H3,(H,8,9);1H,2-4H3,(H,8,9);5H2,1-4H3;1H,2-4H3/b8-7+;6-4+;3*7-6+;;;5-4+;;;;;. The van der Waals surface area contributed by atoms with Crippen LogP contribution in [0.3, 0.4) is 0 Å². The fraction of sp³-hybridized carbons (Fsp3) is 0.713. The minimum atomic E-state index is -0.472. The molecule has 792 valence electrons. The quantitative estimate of drug-likeness (QED) is 0.0359. The van der Waals surface area contributed by atoms with E-state index in [1.165, 1.54) is 70.1 Å². The van der Waals surface area contributed by atoms with E-state index in [0.29, 0.717) is 55.8 Å². The molecule has 2 aliphatic carbocycles. The van der Waals surface area contributed by atoms with Crippen LogP contribution in [0.25, 0.3) is 0 Å². The van der Waals surface area contributed by atoms with E-state index in [1.807, 2.05) is 292 Å². The topological polar surface area (TPSA) is 337 Å². The molecule has 0 aromatic rings. The molecule has 0 unspecified atom stereocenters. The Labute approximate surface area is 842 Å². The van der Waals surface area contributed by atoms with Crippen LogP contribution in [0.15, 0.2) is 72.9 Å². The van der Waals surface area contributed by atoms with Crippen molar-refractivity contribution >= 4 is 87.3 Å². The van der Waals surface area contributed by atoms with Crippen LogP contribution >= 0.6 is 0 Å². The highest BCUT2D eigenvalue weighted by Crippen LogP contribution is 2.36. The van der Waals surface area contributed by atoms with Gasteiger partial charge in [0.1, 0.15) is 11.6 Å². The van der Waals surface area contributed by atoms with Gasteiger partial charge < -0.3 is 31.3 Å². The van der Waals surface area contributed by atoms with E-state index in [4.69, 9.17) is 18.6 Å². The Morgan fingerprint density at radius 1 is 0.370 bits per heavy atom. The summed E-state index contributed by atoms with van der Waals surface area (Å²) in [4.78, 5) is 172. The maximum Gasteiger partial charge on any atom is 0.330 e. The van der Waals surface area contributed by atoms with Gasteiger partial charge in [0.2, 0.25) is 23.4 Å². The van der Waals surface area contributed by atoms with Crippen LogP contribution in [-0.4, -0.2) is 192 Å². The van der Waals surface area contributed by atoms with Gasteiger partial charge in [0.15, 0.2) is 40.5 Å². The molecule has 0 spiro atoms. The van der Waals surface area contributed by atoms with E-state index in [0.717, 1.165) is 57.8 Å². The van der Waals surface area contributed by atoms with E-state index in [9.17, 15) is 71.9 Å². The summed E-state index contributed by atoms with van der Waals surface area (Å²) in [5.41, 5.74) is 2.12. The number of esters is 1. The summed E-state index contributed by atoms with van der Waals surface area (Å²) in [6.07, 6.45) is 41.2. The summed E-state index contributed by atoms with van der Waals surface area (Å²) in [7, 11) is 3.96. The van der Waals surface area contributed by atoms with E-state index in [-0.39, 0.29) is 135 Å². The lowest BCUT2D eigenvalue weighted by Crippen LogP contribution is -2.41. The van der Waals surface area contributed by atoms with Crippen molar-refractivity contribution in [1.29, 1.82) is 0 Å². The first-order valence-corrected chi connectivity index (χ1v) is 49.3. The first-order valence-electron chi connectivity index (χ1n) is 49.3. The van der Waals surface area contributed by atoms with Gasteiger partial charge in [0.25, 0.3) is 5.91 Å². The average Bonchev–Trinajstić information content (AvgIpc) is 1.71. The van der Waals surface area contributed by atoms with Gasteiger partial charge in [0, 0.05) is 141 Å². The molecular weight excluding hydrogens is 1740 g/mol. The first-order chi connectivity index (χ1) is 61.9. The maximum atomic E-state index is 11.6. The van der Waals surface area contributed by atoms with Gasteiger partial charge >= 0.3 is 5.97 Å². The predicted octanol–water partition coefficient (Wildman–Crippen LogP) is 21.6. The van der Waals surface area contributed by atoms with Gasteiger partial charge in [0.05, 0.1) is 6.61 Å². The number of hydrogen-bond acceptors (Lipinski definition) is 20. The van der Waals surface area contributed by atoms with Gasteiger partial charge in [-0.25, -0.2) is 4.79 Å². The SMILES string of the molecule is C#CC(=O)C(C)(C)C.C#CC(=O)NC(C)(C)C.CC(C)(C)C(=O)/C=C/CN.CC(C)(C)C(=O)/C=C/CN1CCC1.CC(C)(C)C(=O)/C=C/CN1CCCCC1.CC(C)(C)C(=O)C1CC1.CC(C)(C)NC(=O)C1CC1.CCC#CC(=O)C(C)(C)C.CCC(=O)/C=C/C(=O)C(C)(C)C.CCC(=O)C(C)(C)C.CCC(=O)NC(C)(C)C.CCOC(=O)/C=C/C(=O)C(C)(C)C.CN(C)C/C=C/C(=O)C(C)(C)C. The molecule has 2 saturated carbocycles. The number of likely N-dealkylation sites (N-methyl/N-ethyl adjacent to an activating group) is 1. The number of rotatable bonds is 21. The lowest BCUT2D eigenvalue weighted by atomic mass is 9.88. The molecule has 2 heterocycles. The Morgan fingerprint density at radius 2 is 0.710 bits per heavy atom. The van der Waals surface area contributed by atoms with Crippen molar-refractivity contribution < 1.29 is 76.7 Å². The number of amides is 3. The summed E-state index contributed by atoms with van der Waals surface area (Å²) in [6, 6.07) is 0. The number of hydrogen-bond donors (Lipinski definition) is 4. The van der Waals surface area contributed by atoms with Crippen LogP contribution in [0.1, 0.15) is 382 Å². The van der Waals surface area contributed by atoms with Gasteiger partial charge in [-0.1, -0.05) is 272 Å². The minimum absolute atomic E-state index is 0.00685. The average molecular weight is 1940 g/mol. The van der Waals surface area contributed by atoms with Crippen molar-refractivity contribution in [3.8, 4) is 36.5 Å². The highest BCUT2D eigenvalue weighted by molar-refractivity contribution is 6.02. The van der Waals surface area contributed by atoms with Gasteiger partial charge in [-0.3, -0.25) is 76.9 Å². The van der Waals surface area contributed by atoms with Gasteiger partial charge in [-0.2, -0.15) is 0 Å². The normalized spacial score (nSPS) is 14.1. The van der Waals surface area contributed by atoms with Crippen LogP contribution < -0.4 is 21.7 Å². The second-order valence-corrected chi connectivity index (χ2v) is 47.9. The van der Waals surface area contributed by atoms with E-state index < -0.39 is 11.4 Å². The monoisotopic (exact) mass is 1940 g/mol. The lowest BCUT2D eigenvalue weighted by Gasteiger charge is -2.29. The summed E-state index contributed by atoms with van der Waals surface area (Å²) < 4.78 is 4.63. The number of ether oxygens (including phenoxy) is 1. The number of nitrogens with two attached hydrogens (primary N) is 1. The van der Waals surface area contributed by atoms with E-state index >= 15 is 0 Å². The number of ketones is 11. The molecule has 2 aliphatic heterocycles. The van der Waals surface area contributed by atoms with Gasteiger partial charge in [-0.05, 0) is 215 Å². The molecule has 0 atom stereocenters. The van der Waals surface area contributed by atoms with Gasteiger partial charge in [-0.15, -0.1) is 12.8 Å². The third-order valence-corrected chi connectivity index (χ3v) is 18.3. The number of allylic oxidation sites excluding steroid dienone is 7. The minimum Gasteiger partial charge on any atom is -0.463 e. The molecule has 23 nitrogen and oxygen atoms in total. The lowest BCUT2D eigenvalue weighted by molar-refractivity contribution is -0.137. The fourth-order valence-electron chi connectivity index (χ4n) is 8.75. The zero-order valence-corrected chi connectivity index (χ0v) is 96.0. The van der Waals surface area contributed by atoms with E-state index in [2.05, 4.69) is 48.2 Å². The molecule has 3 amide bonds. The third kappa shape index (κ3) is 98.8. The third-order valence-electron chi connectivity index (χ3n) is 18.3. The molecule has 0 radical (unpaired) electrons. The highest BCUT2D eigenvalue weighted by Gasteiger charge is 2.37. The van der Waals surface area contributed by atoms with Crippen molar-refractivity contribution in [3.05, 3.63) is 72.9 Å². The molecule has 0 aromatic carbocycles. The zero-order valence-electron chi connectivity index (χ0n) is 96.0.